The van der Waals surface area contributed by atoms with E-state index in [0.29, 0.717) is 47.8 Å². The molecule has 188 valence electrons. The summed E-state index contributed by atoms with van der Waals surface area (Å²) in [6, 6.07) is 4.97. The summed E-state index contributed by atoms with van der Waals surface area (Å²) in [6.07, 6.45) is 6.24. The van der Waals surface area contributed by atoms with Crippen LogP contribution >= 0.6 is 0 Å². The van der Waals surface area contributed by atoms with Crippen molar-refractivity contribution in [3.8, 4) is 11.3 Å². The molecule has 36 heavy (non-hydrogen) atoms. The number of carbonyl (C=O) groups excluding carboxylic acids is 1. The van der Waals surface area contributed by atoms with Crippen LogP contribution in [-0.4, -0.2) is 73.7 Å². The van der Waals surface area contributed by atoms with Crippen LogP contribution in [0.3, 0.4) is 0 Å². The highest BCUT2D eigenvalue weighted by Crippen LogP contribution is 2.35. The number of aliphatic hydroxyl groups excluding tert-OH is 1. The predicted molar refractivity (Wildman–Crippen MR) is 132 cm³/mol. The van der Waals surface area contributed by atoms with Crippen molar-refractivity contribution in [2.45, 2.75) is 50.0 Å². The molecule has 0 aromatic carbocycles. The maximum atomic E-state index is 14.8. The highest BCUT2D eigenvalue weighted by molar-refractivity contribution is 6.01. The van der Waals surface area contributed by atoms with Crippen LogP contribution in [0.25, 0.3) is 27.9 Å². The van der Waals surface area contributed by atoms with Gasteiger partial charge in [-0.05, 0) is 37.8 Å². The Kier molecular flexibility index (Phi) is 5.81. The van der Waals surface area contributed by atoms with Gasteiger partial charge in [0.05, 0.1) is 36.7 Å². The average Bonchev–Trinajstić information content (AvgIpc) is 3.61. The number of ether oxygens (including phenoxy) is 1. The maximum absolute atomic E-state index is 14.8. The van der Waals surface area contributed by atoms with Crippen molar-refractivity contribution in [1.29, 1.82) is 0 Å². The van der Waals surface area contributed by atoms with Crippen LogP contribution in [0.2, 0.25) is 0 Å². The van der Waals surface area contributed by atoms with Crippen LogP contribution in [0.1, 0.15) is 42.1 Å². The number of rotatable bonds is 5. The first kappa shape index (κ1) is 22.9. The van der Waals surface area contributed by atoms with E-state index in [1.54, 1.807) is 17.8 Å². The molecule has 4 aromatic heterocycles. The van der Waals surface area contributed by atoms with E-state index in [9.17, 15) is 14.3 Å². The number of aromatic nitrogens is 5. The zero-order chi connectivity index (χ0) is 24.8. The van der Waals surface area contributed by atoms with Gasteiger partial charge in [-0.1, -0.05) is 0 Å². The smallest absolute Gasteiger partial charge is 0.257 e. The number of halogens is 1. The Hall–Kier alpha value is -3.57. The SMILES string of the molecule is CNc1cc(-c2cn([C@H]3CCOC[C@H]3F)c3ncccc23)nc2c(C(=O)NC3CCC[C@H]3O)cnn12. The number of anilines is 1. The zero-order valence-electron chi connectivity index (χ0n) is 19.9. The molecule has 6 rings (SSSR count). The minimum atomic E-state index is -1.14. The minimum Gasteiger partial charge on any atom is -0.391 e. The molecule has 4 atom stereocenters. The second-order valence-corrected chi connectivity index (χ2v) is 9.42. The van der Waals surface area contributed by atoms with Gasteiger partial charge in [0.1, 0.15) is 23.2 Å². The molecule has 1 aliphatic carbocycles. The lowest BCUT2D eigenvalue weighted by molar-refractivity contribution is 0.00443. The Balaban J connectivity index is 1.46. The van der Waals surface area contributed by atoms with Gasteiger partial charge < -0.3 is 25.0 Å². The van der Waals surface area contributed by atoms with E-state index in [0.717, 1.165) is 23.8 Å². The third kappa shape index (κ3) is 3.79. The van der Waals surface area contributed by atoms with Gasteiger partial charge in [0.2, 0.25) is 0 Å². The van der Waals surface area contributed by atoms with Crippen molar-refractivity contribution in [2.75, 3.05) is 25.6 Å². The molecule has 5 heterocycles. The molecule has 1 aliphatic heterocycles. The molecule has 1 unspecified atom stereocenters. The molecule has 0 spiro atoms. The first-order valence-electron chi connectivity index (χ1n) is 12.3. The number of hydrogen-bond donors (Lipinski definition) is 3. The second-order valence-electron chi connectivity index (χ2n) is 9.42. The fourth-order valence-corrected chi connectivity index (χ4v) is 5.34. The van der Waals surface area contributed by atoms with Crippen LogP contribution in [0.5, 0.6) is 0 Å². The summed E-state index contributed by atoms with van der Waals surface area (Å²) in [4.78, 5) is 22.5. The van der Waals surface area contributed by atoms with E-state index in [2.05, 4.69) is 20.7 Å². The molecule has 2 aliphatic rings. The van der Waals surface area contributed by atoms with Gasteiger partial charge in [0.15, 0.2) is 5.65 Å². The first-order chi connectivity index (χ1) is 17.5. The molecular formula is C25H28FN7O3. The summed E-state index contributed by atoms with van der Waals surface area (Å²) in [5.41, 5.74) is 2.79. The fraction of sp³-hybridized carbons (Fsp3) is 0.440. The molecule has 1 amide bonds. The van der Waals surface area contributed by atoms with E-state index in [4.69, 9.17) is 9.72 Å². The van der Waals surface area contributed by atoms with Crippen molar-refractivity contribution < 1.29 is 19.0 Å². The molecule has 11 heteroatoms. The highest BCUT2D eigenvalue weighted by atomic mass is 19.1. The largest absolute Gasteiger partial charge is 0.391 e. The van der Waals surface area contributed by atoms with Crippen molar-refractivity contribution in [2.24, 2.45) is 0 Å². The number of pyridine rings is 1. The number of nitrogens with zero attached hydrogens (tertiary/aromatic N) is 5. The van der Waals surface area contributed by atoms with Gasteiger partial charge in [0, 0.05) is 43.1 Å². The Morgan fingerprint density at radius 2 is 2.17 bits per heavy atom. The van der Waals surface area contributed by atoms with Crippen LogP contribution in [-0.2, 0) is 4.74 Å². The van der Waals surface area contributed by atoms with Gasteiger partial charge in [-0.3, -0.25) is 4.79 Å². The van der Waals surface area contributed by atoms with Gasteiger partial charge in [0.25, 0.3) is 5.91 Å². The van der Waals surface area contributed by atoms with E-state index in [1.165, 1.54) is 6.20 Å². The first-order valence-corrected chi connectivity index (χ1v) is 12.3. The molecule has 0 bridgehead atoms. The number of amides is 1. The summed E-state index contributed by atoms with van der Waals surface area (Å²) in [5.74, 6) is 0.323. The van der Waals surface area contributed by atoms with Crippen molar-refractivity contribution in [3.63, 3.8) is 0 Å². The number of fused-ring (bicyclic) bond motifs is 2. The summed E-state index contributed by atoms with van der Waals surface area (Å²) >= 11 is 0. The summed E-state index contributed by atoms with van der Waals surface area (Å²) < 4.78 is 23.6. The summed E-state index contributed by atoms with van der Waals surface area (Å²) in [5, 5.41) is 21.4. The third-order valence-electron chi connectivity index (χ3n) is 7.24. The molecule has 2 fully saturated rings. The Morgan fingerprint density at radius 3 is 2.94 bits per heavy atom. The topological polar surface area (TPSA) is 119 Å². The monoisotopic (exact) mass is 493 g/mol. The van der Waals surface area contributed by atoms with E-state index in [-0.39, 0.29) is 24.6 Å². The number of aliphatic hydroxyl groups is 1. The van der Waals surface area contributed by atoms with Gasteiger partial charge >= 0.3 is 0 Å². The molecule has 1 saturated heterocycles. The maximum Gasteiger partial charge on any atom is 0.257 e. The molecule has 10 nitrogen and oxygen atoms in total. The Bertz CT molecular complexity index is 1430. The van der Waals surface area contributed by atoms with Gasteiger partial charge in [-0.2, -0.15) is 9.61 Å². The minimum absolute atomic E-state index is 0.0601. The van der Waals surface area contributed by atoms with Crippen LogP contribution in [0.4, 0.5) is 10.2 Å². The van der Waals surface area contributed by atoms with E-state index >= 15 is 0 Å². The highest BCUT2D eigenvalue weighted by Gasteiger charge is 2.31. The zero-order valence-corrected chi connectivity index (χ0v) is 19.9. The lowest BCUT2D eigenvalue weighted by Crippen LogP contribution is -2.39. The molecular weight excluding hydrogens is 465 g/mol. The third-order valence-corrected chi connectivity index (χ3v) is 7.24. The van der Waals surface area contributed by atoms with Crippen LogP contribution < -0.4 is 10.6 Å². The Morgan fingerprint density at radius 1 is 1.28 bits per heavy atom. The van der Waals surface area contributed by atoms with Gasteiger partial charge in [-0.25, -0.2) is 14.4 Å². The van der Waals surface area contributed by atoms with Crippen molar-refractivity contribution >= 4 is 28.4 Å². The standard InChI is InChI=1S/C25H28FN7O3/c1-27-22-10-19(30-24-15(11-29-33(22)24)25(35)31-18-5-2-6-21(18)34)16-12-32(20-7-9-36-13-17(20)26)23-14(16)4-3-8-28-23/h3-4,8,10-12,17-18,20-21,27,34H,2,5-7,9,13H2,1H3,(H,31,35)/t17-,18?,20+,21-/m1/s1. The molecule has 0 radical (unpaired) electrons. The van der Waals surface area contributed by atoms with Crippen LogP contribution in [0, 0.1) is 0 Å². The second kappa shape index (κ2) is 9.14. The summed E-state index contributed by atoms with van der Waals surface area (Å²) in [7, 11) is 1.77. The summed E-state index contributed by atoms with van der Waals surface area (Å²) in [6.45, 7) is 0.551. The van der Waals surface area contributed by atoms with E-state index < -0.39 is 12.3 Å². The molecule has 4 aromatic rings. The van der Waals surface area contributed by atoms with E-state index in [1.807, 2.05) is 29.0 Å². The number of nitrogens with one attached hydrogen (secondary N) is 2. The quantitative estimate of drug-likeness (QED) is 0.391. The predicted octanol–water partition coefficient (Wildman–Crippen LogP) is 2.73. The van der Waals surface area contributed by atoms with Gasteiger partial charge in [-0.15, -0.1) is 0 Å². The normalized spacial score (nSPS) is 24.4. The lowest BCUT2D eigenvalue weighted by atomic mass is 10.1. The molecule has 1 saturated carbocycles. The van der Waals surface area contributed by atoms with Crippen LogP contribution in [0.15, 0.2) is 36.8 Å². The Labute approximate surface area is 206 Å². The van der Waals surface area contributed by atoms with Crippen molar-refractivity contribution in [1.82, 2.24) is 29.5 Å². The number of hydrogen-bond acceptors (Lipinski definition) is 7. The fourth-order valence-electron chi connectivity index (χ4n) is 5.34. The van der Waals surface area contributed by atoms with Crippen molar-refractivity contribution in [3.05, 3.63) is 42.4 Å². The number of alkyl halides is 1. The molecule has 3 N–H and O–H groups in total. The lowest BCUT2D eigenvalue weighted by Gasteiger charge is -2.27. The average molecular weight is 494 g/mol. The number of carbonyl (C=O) groups is 1.